The zero-order valence-corrected chi connectivity index (χ0v) is 17.3. The van der Waals surface area contributed by atoms with Crippen LogP contribution in [0.2, 0.25) is 0 Å². The van der Waals surface area contributed by atoms with Crippen LogP contribution in [-0.2, 0) is 19.7 Å². The summed E-state index contributed by atoms with van der Waals surface area (Å²) in [5.41, 5.74) is 1.20. The van der Waals surface area contributed by atoms with Crippen LogP contribution in [0.3, 0.4) is 0 Å². The Morgan fingerprint density at radius 1 is 1.07 bits per heavy atom. The van der Waals surface area contributed by atoms with Crippen molar-refractivity contribution >= 4 is 5.78 Å². The number of methoxy groups -OCH3 is 2. The molecule has 28 heavy (non-hydrogen) atoms. The number of Topliss-reactive ketones (excluding diaryl/α,β-unsaturated/α-hetero) is 1. The van der Waals surface area contributed by atoms with Crippen LogP contribution in [0.25, 0.3) is 0 Å². The fraction of sp³-hybridized carbons (Fsp3) is 0.708. The molecule has 0 aliphatic heterocycles. The van der Waals surface area contributed by atoms with Crippen molar-refractivity contribution in [1.29, 1.82) is 0 Å². The van der Waals surface area contributed by atoms with Crippen LogP contribution in [0, 0.1) is 29.1 Å². The molecule has 5 unspecified atom stereocenters. The van der Waals surface area contributed by atoms with E-state index in [4.69, 9.17) is 14.2 Å². The van der Waals surface area contributed by atoms with Gasteiger partial charge in [0.1, 0.15) is 18.6 Å². The van der Waals surface area contributed by atoms with Gasteiger partial charge in [0.15, 0.2) is 5.78 Å². The molecule has 0 saturated heterocycles. The van der Waals surface area contributed by atoms with Gasteiger partial charge in [-0.05, 0) is 66.0 Å². The van der Waals surface area contributed by atoms with Crippen LogP contribution < -0.4 is 4.74 Å². The maximum atomic E-state index is 13.5. The van der Waals surface area contributed by atoms with Crippen LogP contribution >= 0.6 is 0 Å². The summed E-state index contributed by atoms with van der Waals surface area (Å²) in [6.07, 6.45) is 7.33. The lowest BCUT2D eigenvalue weighted by molar-refractivity contribution is -0.143. The Hall–Kier alpha value is -1.39. The quantitative estimate of drug-likeness (QED) is 0.625. The first kappa shape index (κ1) is 18.6. The van der Waals surface area contributed by atoms with Crippen molar-refractivity contribution in [3.05, 3.63) is 29.8 Å². The van der Waals surface area contributed by atoms with Crippen LogP contribution in [0.4, 0.5) is 0 Å². The normalized spacial score (nSPS) is 41.5. The van der Waals surface area contributed by atoms with Gasteiger partial charge in [-0.25, -0.2) is 0 Å². The highest BCUT2D eigenvalue weighted by Gasteiger charge is 2.73. The lowest BCUT2D eigenvalue weighted by atomic mass is 9.76. The molecule has 1 aromatic rings. The van der Waals surface area contributed by atoms with E-state index in [1.54, 1.807) is 14.2 Å². The number of benzene rings is 1. The summed E-state index contributed by atoms with van der Waals surface area (Å²) in [7, 11) is 3.30. The molecule has 4 heteroatoms. The van der Waals surface area contributed by atoms with Crippen LogP contribution in [-0.4, -0.2) is 32.9 Å². The lowest BCUT2D eigenvalue weighted by Crippen LogP contribution is -2.34. The van der Waals surface area contributed by atoms with Crippen molar-refractivity contribution in [2.45, 2.75) is 57.0 Å². The van der Waals surface area contributed by atoms with E-state index in [1.165, 1.54) is 25.7 Å². The molecule has 4 nitrogen and oxygen atoms in total. The van der Waals surface area contributed by atoms with Crippen molar-refractivity contribution in [2.75, 3.05) is 21.0 Å². The third-order valence-corrected chi connectivity index (χ3v) is 8.43. The minimum absolute atomic E-state index is 0.196. The summed E-state index contributed by atoms with van der Waals surface area (Å²) in [5.74, 6) is 3.64. The van der Waals surface area contributed by atoms with E-state index in [0.717, 1.165) is 36.0 Å². The number of ketones is 1. The van der Waals surface area contributed by atoms with Crippen molar-refractivity contribution < 1.29 is 19.0 Å². The Labute approximate surface area is 167 Å². The van der Waals surface area contributed by atoms with E-state index in [2.05, 4.69) is 19.1 Å². The third kappa shape index (κ3) is 2.68. The highest BCUT2D eigenvalue weighted by molar-refractivity contribution is 6.00. The molecule has 0 radical (unpaired) electrons. The Morgan fingerprint density at radius 2 is 1.82 bits per heavy atom. The molecule has 0 heterocycles. The maximum Gasteiger partial charge on any atom is 0.172 e. The van der Waals surface area contributed by atoms with E-state index in [9.17, 15) is 4.79 Å². The van der Waals surface area contributed by atoms with E-state index in [0.29, 0.717) is 17.3 Å². The van der Waals surface area contributed by atoms with Gasteiger partial charge in [-0.1, -0.05) is 38.3 Å². The molecule has 4 aliphatic rings. The van der Waals surface area contributed by atoms with Gasteiger partial charge in [0.2, 0.25) is 0 Å². The summed E-state index contributed by atoms with van der Waals surface area (Å²) in [6, 6.07) is 8.09. The summed E-state index contributed by atoms with van der Waals surface area (Å²) in [5, 5.41) is 0. The van der Waals surface area contributed by atoms with Crippen molar-refractivity contribution in [2.24, 2.45) is 29.1 Å². The Bertz CT molecular complexity index is 754. The average Bonchev–Trinajstić information content (AvgIpc) is 3.53. The van der Waals surface area contributed by atoms with Gasteiger partial charge < -0.3 is 14.2 Å². The molecule has 0 spiro atoms. The average molecular weight is 385 g/mol. The van der Waals surface area contributed by atoms with Gasteiger partial charge in [0.25, 0.3) is 0 Å². The van der Waals surface area contributed by atoms with Crippen LogP contribution in [0.5, 0.6) is 5.75 Å². The first-order valence-electron chi connectivity index (χ1n) is 10.8. The molecule has 0 amide bonds. The van der Waals surface area contributed by atoms with Gasteiger partial charge in [0.05, 0.1) is 12.5 Å². The molecule has 6 atom stereocenters. The summed E-state index contributed by atoms with van der Waals surface area (Å²) in [4.78, 5) is 13.5. The number of rotatable bonds is 8. The SMILES string of the molecule is COCO[C@H]1C(=O)C2(c3ccc(OC)cc3)CC2C1CC1(C)CC1C1CCC1. The molecule has 4 fully saturated rings. The second-order valence-electron chi connectivity index (χ2n) is 9.89. The molecule has 0 N–H and O–H groups in total. The van der Waals surface area contributed by atoms with Crippen LogP contribution in [0.15, 0.2) is 24.3 Å². The number of ether oxygens (including phenoxy) is 3. The molecule has 0 bridgehead atoms. The molecule has 4 saturated carbocycles. The predicted octanol–water partition coefficient (Wildman–Crippen LogP) is 4.36. The maximum absolute atomic E-state index is 13.5. The largest absolute Gasteiger partial charge is 0.497 e. The number of carbonyl (C=O) groups is 1. The van der Waals surface area contributed by atoms with E-state index in [-0.39, 0.29) is 24.1 Å². The van der Waals surface area contributed by atoms with Crippen LogP contribution in [0.1, 0.15) is 51.0 Å². The molecule has 5 rings (SSSR count). The second-order valence-corrected chi connectivity index (χ2v) is 9.89. The molecule has 4 aliphatic carbocycles. The van der Waals surface area contributed by atoms with Crippen molar-refractivity contribution in [3.8, 4) is 5.75 Å². The Balaban J connectivity index is 1.38. The van der Waals surface area contributed by atoms with Gasteiger partial charge in [-0.2, -0.15) is 0 Å². The lowest BCUT2D eigenvalue weighted by Gasteiger charge is -2.30. The summed E-state index contributed by atoms with van der Waals surface area (Å²) in [6.45, 7) is 2.64. The van der Waals surface area contributed by atoms with Gasteiger partial charge in [-0.15, -0.1) is 0 Å². The van der Waals surface area contributed by atoms with E-state index < -0.39 is 0 Å². The standard InChI is InChI=1S/C24H32O4/c1-23(12-19(23)15-5-4-6-15)11-18-20-13-24(20,22(25)21(18)28-14-26-2)16-7-9-17(27-3)10-8-16/h7-10,15,18-21H,4-6,11-14H2,1-3H3/t18?,19?,20?,21-,23?,24?/m1/s1. The molecule has 0 aromatic heterocycles. The first-order chi connectivity index (χ1) is 13.5. The fourth-order valence-electron chi connectivity index (χ4n) is 6.49. The molecule has 152 valence electrons. The number of hydrogen-bond donors (Lipinski definition) is 0. The molecule has 1 aromatic carbocycles. The Kier molecular flexibility index (Phi) is 4.37. The second kappa shape index (κ2) is 6.56. The Morgan fingerprint density at radius 3 is 2.43 bits per heavy atom. The van der Waals surface area contributed by atoms with Gasteiger partial charge in [0, 0.05) is 7.11 Å². The van der Waals surface area contributed by atoms with Crippen molar-refractivity contribution in [3.63, 3.8) is 0 Å². The summed E-state index contributed by atoms with van der Waals surface area (Å²) < 4.78 is 16.4. The molecular weight excluding hydrogens is 352 g/mol. The first-order valence-corrected chi connectivity index (χ1v) is 10.8. The van der Waals surface area contributed by atoms with Gasteiger partial charge in [-0.3, -0.25) is 4.79 Å². The van der Waals surface area contributed by atoms with Gasteiger partial charge >= 0.3 is 0 Å². The highest BCUT2D eigenvalue weighted by Crippen LogP contribution is 2.71. The number of hydrogen-bond acceptors (Lipinski definition) is 4. The third-order valence-electron chi connectivity index (χ3n) is 8.43. The molecular formula is C24H32O4. The summed E-state index contributed by atoms with van der Waals surface area (Å²) >= 11 is 0. The smallest absolute Gasteiger partial charge is 0.172 e. The topological polar surface area (TPSA) is 44.8 Å². The van der Waals surface area contributed by atoms with Crippen molar-refractivity contribution in [1.82, 2.24) is 0 Å². The minimum Gasteiger partial charge on any atom is -0.497 e. The monoisotopic (exact) mass is 384 g/mol. The number of carbonyl (C=O) groups excluding carboxylic acids is 1. The highest BCUT2D eigenvalue weighted by atomic mass is 16.7. The zero-order chi connectivity index (χ0) is 19.5. The fourth-order valence-corrected chi connectivity index (χ4v) is 6.49. The van der Waals surface area contributed by atoms with E-state index >= 15 is 0 Å². The zero-order valence-electron chi connectivity index (χ0n) is 17.3. The minimum atomic E-state index is -0.341. The predicted molar refractivity (Wildman–Crippen MR) is 106 cm³/mol. The van der Waals surface area contributed by atoms with E-state index in [1.807, 2.05) is 12.1 Å². The number of fused-ring (bicyclic) bond motifs is 1.